The number of methoxy groups -OCH3 is 1. The van der Waals surface area contributed by atoms with E-state index in [0.717, 1.165) is 31.0 Å². The van der Waals surface area contributed by atoms with E-state index in [-0.39, 0.29) is 0 Å². The molecule has 2 heterocycles. The number of aromatic nitrogens is 2. The summed E-state index contributed by atoms with van der Waals surface area (Å²) in [6, 6.07) is 8.04. The summed E-state index contributed by atoms with van der Waals surface area (Å²) in [5.74, 6) is 1.49. The molecule has 2 aromatic rings. The predicted octanol–water partition coefficient (Wildman–Crippen LogP) is 2.72. The van der Waals surface area contributed by atoms with Crippen molar-refractivity contribution < 1.29 is 9.53 Å². The highest BCUT2D eigenvalue weighted by Crippen LogP contribution is 2.27. The SMILES string of the molecule is CN=C(NCc1ccc(NC(=O)OC)cc1)N1CCC(C)C(n2ccnc2)C1. The first-order chi connectivity index (χ1) is 13.6. The zero-order valence-corrected chi connectivity index (χ0v) is 16.6. The monoisotopic (exact) mass is 384 g/mol. The number of piperidine rings is 1. The Hall–Kier alpha value is -3.03. The standard InChI is InChI=1S/C20H28N6O2/c1-15-8-10-25(13-18(15)26-11-9-22-14-26)19(21-2)23-12-16-4-6-17(7-5-16)24-20(27)28-3/h4-7,9,11,14-15,18H,8,10,12-13H2,1-3H3,(H,21,23)(H,24,27). The fourth-order valence-electron chi connectivity index (χ4n) is 3.48. The molecule has 8 heteroatoms. The van der Waals surface area contributed by atoms with E-state index in [0.29, 0.717) is 24.2 Å². The first-order valence-electron chi connectivity index (χ1n) is 9.47. The number of benzene rings is 1. The molecule has 0 bridgehead atoms. The molecule has 150 valence electrons. The van der Waals surface area contributed by atoms with Crippen LogP contribution in [0.5, 0.6) is 0 Å². The molecule has 1 fully saturated rings. The molecule has 1 aromatic carbocycles. The molecule has 8 nitrogen and oxygen atoms in total. The second-order valence-corrected chi connectivity index (χ2v) is 7.00. The molecule has 1 amide bonds. The highest BCUT2D eigenvalue weighted by Gasteiger charge is 2.28. The van der Waals surface area contributed by atoms with Crippen molar-refractivity contribution in [2.24, 2.45) is 10.9 Å². The second-order valence-electron chi connectivity index (χ2n) is 7.00. The Morgan fingerprint density at radius 2 is 2.14 bits per heavy atom. The number of anilines is 1. The van der Waals surface area contributed by atoms with Crippen LogP contribution in [0.3, 0.4) is 0 Å². The average Bonchev–Trinajstić information content (AvgIpc) is 3.25. The van der Waals surface area contributed by atoms with Crippen LogP contribution in [0.2, 0.25) is 0 Å². The van der Waals surface area contributed by atoms with Crippen LogP contribution in [0.4, 0.5) is 10.5 Å². The van der Waals surface area contributed by atoms with Crippen molar-refractivity contribution in [3.63, 3.8) is 0 Å². The normalized spacial score (nSPS) is 20.0. The highest BCUT2D eigenvalue weighted by molar-refractivity contribution is 5.84. The van der Waals surface area contributed by atoms with Gasteiger partial charge in [0.05, 0.1) is 19.5 Å². The van der Waals surface area contributed by atoms with Crippen molar-refractivity contribution in [2.75, 3.05) is 32.6 Å². The molecule has 0 aliphatic carbocycles. The molecule has 0 saturated carbocycles. The van der Waals surface area contributed by atoms with Gasteiger partial charge in [0.2, 0.25) is 0 Å². The second kappa shape index (κ2) is 9.25. The van der Waals surface area contributed by atoms with Crippen LogP contribution in [-0.2, 0) is 11.3 Å². The van der Waals surface area contributed by atoms with Crippen molar-refractivity contribution in [1.82, 2.24) is 19.8 Å². The molecule has 1 aliphatic rings. The number of carbonyl (C=O) groups excluding carboxylic acids is 1. The smallest absolute Gasteiger partial charge is 0.411 e. The summed E-state index contributed by atoms with van der Waals surface area (Å²) in [4.78, 5) is 22.2. The molecule has 1 saturated heterocycles. The fraction of sp³-hybridized carbons (Fsp3) is 0.450. The summed E-state index contributed by atoms with van der Waals surface area (Å²) < 4.78 is 6.79. The number of carbonyl (C=O) groups is 1. The summed E-state index contributed by atoms with van der Waals surface area (Å²) in [6.45, 7) is 4.84. The lowest BCUT2D eigenvalue weighted by atomic mass is 9.93. The zero-order chi connectivity index (χ0) is 19.9. The van der Waals surface area contributed by atoms with Crippen LogP contribution in [0.15, 0.2) is 48.0 Å². The number of rotatable bonds is 4. The van der Waals surface area contributed by atoms with Crippen LogP contribution in [0.1, 0.15) is 24.9 Å². The Balaban J connectivity index is 1.58. The lowest BCUT2D eigenvalue weighted by Crippen LogP contribution is -2.48. The fourth-order valence-corrected chi connectivity index (χ4v) is 3.48. The van der Waals surface area contributed by atoms with Gasteiger partial charge >= 0.3 is 6.09 Å². The zero-order valence-electron chi connectivity index (χ0n) is 16.6. The average molecular weight is 384 g/mol. The third-order valence-corrected chi connectivity index (χ3v) is 5.17. The van der Waals surface area contributed by atoms with Gasteiger partial charge in [0.1, 0.15) is 0 Å². The minimum Gasteiger partial charge on any atom is -0.453 e. The Morgan fingerprint density at radius 1 is 1.36 bits per heavy atom. The predicted molar refractivity (Wildman–Crippen MR) is 109 cm³/mol. The van der Waals surface area contributed by atoms with E-state index in [1.165, 1.54) is 7.11 Å². The van der Waals surface area contributed by atoms with Crippen LogP contribution < -0.4 is 10.6 Å². The number of ether oxygens (including phenoxy) is 1. The number of likely N-dealkylation sites (tertiary alicyclic amines) is 1. The number of hydrogen-bond acceptors (Lipinski definition) is 4. The first-order valence-corrected chi connectivity index (χ1v) is 9.47. The maximum Gasteiger partial charge on any atom is 0.411 e. The Morgan fingerprint density at radius 3 is 2.79 bits per heavy atom. The summed E-state index contributed by atoms with van der Waals surface area (Å²) >= 11 is 0. The molecule has 2 unspecified atom stereocenters. The van der Waals surface area contributed by atoms with E-state index in [9.17, 15) is 4.79 Å². The third kappa shape index (κ3) is 4.82. The molecule has 2 atom stereocenters. The van der Waals surface area contributed by atoms with Gasteiger partial charge in [0.25, 0.3) is 0 Å². The van der Waals surface area contributed by atoms with E-state index in [4.69, 9.17) is 0 Å². The molecule has 0 radical (unpaired) electrons. The van der Waals surface area contributed by atoms with Crippen LogP contribution in [0.25, 0.3) is 0 Å². The number of guanidine groups is 1. The Kier molecular flexibility index (Phi) is 6.52. The molecular formula is C20H28N6O2. The van der Waals surface area contributed by atoms with Crippen molar-refractivity contribution in [2.45, 2.75) is 25.9 Å². The van der Waals surface area contributed by atoms with Gasteiger partial charge in [-0.25, -0.2) is 9.78 Å². The van der Waals surface area contributed by atoms with Crippen LogP contribution in [0, 0.1) is 5.92 Å². The lowest BCUT2D eigenvalue weighted by Gasteiger charge is -2.39. The van der Waals surface area contributed by atoms with Crippen LogP contribution >= 0.6 is 0 Å². The number of nitrogens with one attached hydrogen (secondary N) is 2. The highest BCUT2D eigenvalue weighted by atomic mass is 16.5. The summed E-state index contributed by atoms with van der Waals surface area (Å²) in [5, 5.41) is 6.09. The lowest BCUT2D eigenvalue weighted by molar-refractivity contribution is 0.187. The van der Waals surface area contributed by atoms with E-state index in [2.05, 4.69) is 41.7 Å². The summed E-state index contributed by atoms with van der Waals surface area (Å²) in [7, 11) is 3.16. The molecule has 1 aliphatic heterocycles. The number of aliphatic imine (C=N–C) groups is 1. The van der Waals surface area contributed by atoms with E-state index < -0.39 is 6.09 Å². The van der Waals surface area contributed by atoms with Crippen LogP contribution in [-0.4, -0.2) is 53.8 Å². The van der Waals surface area contributed by atoms with Crippen molar-refractivity contribution in [3.8, 4) is 0 Å². The molecule has 1 aromatic heterocycles. The largest absolute Gasteiger partial charge is 0.453 e. The van der Waals surface area contributed by atoms with Gasteiger partial charge in [-0.15, -0.1) is 0 Å². The maximum atomic E-state index is 11.3. The quantitative estimate of drug-likeness (QED) is 0.626. The minimum absolute atomic E-state index is 0.387. The van der Waals surface area contributed by atoms with Gasteiger partial charge in [-0.3, -0.25) is 10.3 Å². The Bertz CT molecular complexity index is 788. The van der Waals surface area contributed by atoms with Crippen molar-refractivity contribution in [3.05, 3.63) is 48.5 Å². The summed E-state index contributed by atoms with van der Waals surface area (Å²) in [5.41, 5.74) is 1.81. The molecule has 2 N–H and O–H groups in total. The van der Waals surface area contributed by atoms with Gasteiger partial charge < -0.3 is 19.5 Å². The third-order valence-electron chi connectivity index (χ3n) is 5.17. The molecule has 0 spiro atoms. The van der Waals surface area contributed by atoms with E-state index in [1.54, 1.807) is 0 Å². The first kappa shape index (κ1) is 19.7. The Labute approximate surface area is 165 Å². The molecule has 28 heavy (non-hydrogen) atoms. The number of imidazole rings is 1. The van der Waals surface area contributed by atoms with Gasteiger partial charge in [-0.1, -0.05) is 19.1 Å². The molecular weight excluding hydrogens is 356 g/mol. The topological polar surface area (TPSA) is 83.8 Å². The number of amides is 1. The number of nitrogens with zero attached hydrogens (tertiary/aromatic N) is 4. The van der Waals surface area contributed by atoms with E-state index >= 15 is 0 Å². The molecule has 3 rings (SSSR count). The van der Waals surface area contributed by atoms with Gasteiger partial charge in [-0.05, 0) is 30.0 Å². The minimum atomic E-state index is -0.474. The van der Waals surface area contributed by atoms with Gasteiger partial charge in [-0.2, -0.15) is 0 Å². The summed E-state index contributed by atoms with van der Waals surface area (Å²) in [6.07, 6.45) is 6.39. The van der Waals surface area contributed by atoms with Crippen molar-refractivity contribution in [1.29, 1.82) is 0 Å². The van der Waals surface area contributed by atoms with Crippen molar-refractivity contribution >= 4 is 17.7 Å². The maximum absolute atomic E-state index is 11.3. The van der Waals surface area contributed by atoms with Gasteiger partial charge in [0, 0.05) is 44.8 Å². The number of hydrogen-bond donors (Lipinski definition) is 2. The van der Waals surface area contributed by atoms with Gasteiger partial charge in [0.15, 0.2) is 5.96 Å². The van der Waals surface area contributed by atoms with E-state index in [1.807, 2.05) is 50.0 Å².